The van der Waals surface area contributed by atoms with Gasteiger partial charge in [0.15, 0.2) is 11.5 Å². The molecule has 2 rings (SSSR count). The van der Waals surface area contributed by atoms with Gasteiger partial charge in [0.25, 0.3) is 0 Å². The first-order chi connectivity index (χ1) is 15.9. The van der Waals surface area contributed by atoms with Crippen molar-refractivity contribution in [3.63, 3.8) is 0 Å². The summed E-state index contributed by atoms with van der Waals surface area (Å²) in [6.45, 7) is 1.53. The minimum absolute atomic E-state index is 0.0732. The first kappa shape index (κ1) is 9.48. The molecule has 1 unspecified atom stereocenters. The number of methoxy groups -OCH3 is 2. The number of aryl methyl sites for hydroxylation is 2. The molecule has 1 N–H and O–H groups in total. The van der Waals surface area contributed by atoms with Crippen LogP contribution in [0.5, 0.6) is 17.2 Å². The number of hydrogen-bond donors (Lipinski definition) is 1. The van der Waals surface area contributed by atoms with Gasteiger partial charge in [-0.2, -0.15) is 0 Å². The molecule has 0 aliphatic carbocycles. The molecule has 2 aromatic carbocycles. The normalized spacial score (nSPS) is 19.9. The quantitative estimate of drug-likeness (QED) is 0.696. The van der Waals surface area contributed by atoms with Crippen molar-refractivity contribution < 1.29 is 33.0 Å². The van der Waals surface area contributed by atoms with Crippen molar-refractivity contribution in [2.24, 2.45) is 0 Å². The highest BCUT2D eigenvalue weighted by Crippen LogP contribution is 2.28. The summed E-state index contributed by atoms with van der Waals surface area (Å²) < 4.78 is 91.6. The van der Waals surface area contributed by atoms with Crippen molar-refractivity contribution >= 4 is 0 Å². The van der Waals surface area contributed by atoms with E-state index in [1.54, 1.807) is 18.2 Å². The van der Waals surface area contributed by atoms with Crippen LogP contribution in [0.25, 0.3) is 0 Å². The van der Waals surface area contributed by atoms with Crippen molar-refractivity contribution in [3.8, 4) is 17.2 Å². The van der Waals surface area contributed by atoms with Crippen LogP contribution < -0.4 is 14.2 Å². The standard InChI is InChI=1S/C21H28O4/c1-16-7-6-10-19(13-16)25-15-18(22)9-5-4-8-17-11-12-20(23-2)21(14-17)24-3/h6-7,10-14,18,22H,4-5,8-9,15H2,1-3H3/i2D3,3D3,8D2,9D2. The van der Waals surface area contributed by atoms with Gasteiger partial charge in [-0.15, -0.1) is 0 Å². The maximum Gasteiger partial charge on any atom is 0.160 e. The van der Waals surface area contributed by atoms with E-state index < -0.39 is 44.4 Å². The van der Waals surface area contributed by atoms with Gasteiger partial charge in [-0.05, 0) is 61.5 Å². The van der Waals surface area contributed by atoms with E-state index in [1.807, 2.05) is 13.0 Å². The molecule has 0 aromatic heterocycles. The zero-order valence-electron chi connectivity index (χ0n) is 23.9. The average molecular weight is 355 g/mol. The van der Waals surface area contributed by atoms with Gasteiger partial charge >= 0.3 is 0 Å². The van der Waals surface area contributed by atoms with Crippen LogP contribution in [0.3, 0.4) is 0 Å². The number of aliphatic hydroxyl groups is 1. The number of ether oxygens (including phenoxy) is 3. The third-order valence-electron chi connectivity index (χ3n) is 3.40. The molecular weight excluding hydrogens is 316 g/mol. The topological polar surface area (TPSA) is 47.9 Å². The number of rotatable bonds is 10. The average Bonchev–Trinajstić information content (AvgIpc) is 2.70. The second-order valence-corrected chi connectivity index (χ2v) is 5.39. The molecule has 0 bridgehead atoms. The summed E-state index contributed by atoms with van der Waals surface area (Å²) in [5.41, 5.74) is 0.862. The second kappa shape index (κ2) is 9.94. The molecule has 0 aliphatic rings. The predicted octanol–water partition coefficient (Wildman–Crippen LogP) is 4.16. The van der Waals surface area contributed by atoms with Crippen molar-refractivity contribution in [2.45, 2.75) is 38.6 Å². The number of benzene rings is 2. The molecule has 0 fully saturated rings. The van der Waals surface area contributed by atoms with Crippen LogP contribution in [-0.2, 0) is 6.37 Å². The Morgan fingerprint density at radius 3 is 2.72 bits per heavy atom. The summed E-state index contributed by atoms with van der Waals surface area (Å²) in [6, 6.07) is 10.3. The fourth-order valence-electron chi connectivity index (χ4n) is 2.17. The van der Waals surface area contributed by atoms with Gasteiger partial charge in [0, 0.05) is 5.48 Å². The van der Waals surface area contributed by atoms with Crippen LogP contribution in [-0.4, -0.2) is 31.9 Å². The van der Waals surface area contributed by atoms with E-state index in [0.29, 0.717) is 5.75 Å². The molecule has 0 heterocycles. The Labute approximate surface area is 164 Å². The number of aliphatic hydroxyl groups excluding tert-OH is 1. The van der Waals surface area contributed by atoms with Crippen molar-refractivity contribution in [3.05, 3.63) is 53.6 Å². The van der Waals surface area contributed by atoms with Gasteiger partial charge in [-0.1, -0.05) is 24.6 Å². The minimum Gasteiger partial charge on any atom is -0.493 e. The first-order valence-corrected chi connectivity index (χ1v) is 7.78. The van der Waals surface area contributed by atoms with Crippen LogP contribution in [0.1, 0.15) is 44.0 Å². The maximum absolute atomic E-state index is 10.3. The molecule has 4 nitrogen and oxygen atoms in total. The lowest BCUT2D eigenvalue weighted by molar-refractivity contribution is 0.0976. The molecule has 0 saturated carbocycles. The SMILES string of the molecule is [2H]C([2H])([2H])Oc1ccc(C([2H])([2H])CCC([2H])([2H])C(O)COc2cccc(C)c2)cc1OC([2H])([2H])[2H]. The van der Waals surface area contributed by atoms with E-state index in [2.05, 4.69) is 0 Å². The lowest BCUT2D eigenvalue weighted by Gasteiger charge is -2.13. The molecule has 0 saturated heterocycles. The Morgan fingerprint density at radius 1 is 1.08 bits per heavy atom. The summed E-state index contributed by atoms with van der Waals surface area (Å²) >= 11 is 0. The molecule has 25 heavy (non-hydrogen) atoms. The highest BCUT2D eigenvalue weighted by molar-refractivity contribution is 5.42. The molecule has 0 aliphatic heterocycles. The lowest BCUT2D eigenvalue weighted by Crippen LogP contribution is -2.17. The van der Waals surface area contributed by atoms with Gasteiger partial charge in [0.1, 0.15) is 12.4 Å². The third kappa shape index (κ3) is 6.31. The van der Waals surface area contributed by atoms with E-state index in [-0.39, 0.29) is 25.0 Å². The van der Waals surface area contributed by atoms with Crippen molar-refractivity contribution in [2.75, 3.05) is 20.7 Å². The fourth-order valence-corrected chi connectivity index (χ4v) is 2.17. The Kier molecular flexibility index (Phi) is 3.77. The van der Waals surface area contributed by atoms with Crippen LogP contribution in [0, 0.1) is 6.92 Å². The maximum atomic E-state index is 10.3. The first-order valence-electron chi connectivity index (χ1n) is 12.8. The summed E-state index contributed by atoms with van der Waals surface area (Å²) in [7, 11) is -5.84. The minimum atomic E-state index is -2.95. The van der Waals surface area contributed by atoms with Gasteiger partial charge < -0.3 is 19.3 Å². The summed E-state index contributed by atoms with van der Waals surface area (Å²) in [6.07, 6.45) is -6.67. The summed E-state index contributed by atoms with van der Waals surface area (Å²) in [4.78, 5) is 0. The Morgan fingerprint density at radius 2 is 1.92 bits per heavy atom. The smallest absolute Gasteiger partial charge is 0.160 e. The summed E-state index contributed by atoms with van der Waals surface area (Å²) in [5.74, 6) is -0.423. The van der Waals surface area contributed by atoms with E-state index in [1.165, 1.54) is 6.07 Å². The molecule has 0 amide bonds. The van der Waals surface area contributed by atoms with Gasteiger partial charge in [-0.25, -0.2) is 0 Å². The fraction of sp³-hybridized carbons (Fsp3) is 0.429. The monoisotopic (exact) mass is 354 g/mol. The van der Waals surface area contributed by atoms with Crippen LogP contribution >= 0.6 is 0 Å². The van der Waals surface area contributed by atoms with E-state index >= 15 is 0 Å². The van der Waals surface area contributed by atoms with Gasteiger partial charge in [-0.3, -0.25) is 0 Å². The molecule has 0 radical (unpaired) electrons. The Hall–Kier alpha value is -2.20. The largest absolute Gasteiger partial charge is 0.493 e. The molecule has 0 spiro atoms. The second-order valence-electron chi connectivity index (χ2n) is 5.39. The lowest BCUT2D eigenvalue weighted by atomic mass is 10.0. The van der Waals surface area contributed by atoms with Crippen LogP contribution in [0.15, 0.2) is 42.5 Å². The molecule has 2 aromatic rings. The predicted molar refractivity (Wildman–Crippen MR) is 99.8 cm³/mol. The number of hydrogen-bond acceptors (Lipinski definition) is 4. The van der Waals surface area contributed by atoms with Crippen molar-refractivity contribution in [1.29, 1.82) is 0 Å². The van der Waals surface area contributed by atoms with Gasteiger partial charge in [0.2, 0.25) is 0 Å². The van der Waals surface area contributed by atoms with E-state index in [0.717, 1.165) is 17.7 Å². The van der Waals surface area contributed by atoms with Gasteiger partial charge in [0.05, 0.1) is 28.4 Å². The van der Waals surface area contributed by atoms with E-state index in [9.17, 15) is 5.11 Å². The molecular formula is C21H28O4. The summed E-state index contributed by atoms with van der Waals surface area (Å²) in [5, 5.41) is 10.3. The third-order valence-corrected chi connectivity index (χ3v) is 3.40. The molecule has 4 heteroatoms. The highest BCUT2D eigenvalue weighted by atomic mass is 16.5. The van der Waals surface area contributed by atoms with Crippen molar-refractivity contribution in [1.82, 2.24) is 0 Å². The molecule has 1 atom stereocenters. The zero-order chi connectivity index (χ0) is 26.7. The zero-order valence-corrected chi connectivity index (χ0v) is 13.9. The van der Waals surface area contributed by atoms with E-state index in [4.69, 9.17) is 27.9 Å². The Balaban J connectivity index is 2.13. The highest BCUT2D eigenvalue weighted by Gasteiger charge is 2.07. The Bertz CT molecular complexity index is 989. The van der Waals surface area contributed by atoms with Crippen LogP contribution in [0.2, 0.25) is 0 Å². The molecule has 136 valence electrons. The van der Waals surface area contributed by atoms with Crippen LogP contribution in [0.4, 0.5) is 0 Å².